The van der Waals surface area contributed by atoms with Crippen molar-refractivity contribution in [3.63, 3.8) is 0 Å². The molecule has 3 rings (SSSR count). The summed E-state index contributed by atoms with van der Waals surface area (Å²) in [5.41, 5.74) is 0.515. The van der Waals surface area contributed by atoms with Crippen molar-refractivity contribution in [2.24, 2.45) is 0 Å². The van der Waals surface area contributed by atoms with Gasteiger partial charge in [0.05, 0.1) is 12.2 Å². The van der Waals surface area contributed by atoms with Gasteiger partial charge >= 0.3 is 0 Å². The molecule has 1 N–H and O–H groups in total. The predicted octanol–water partition coefficient (Wildman–Crippen LogP) is 4.36. The van der Waals surface area contributed by atoms with Gasteiger partial charge in [-0.3, -0.25) is 4.79 Å². The van der Waals surface area contributed by atoms with Crippen molar-refractivity contribution in [2.75, 3.05) is 5.32 Å². The molecule has 6 nitrogen and oxygen atoms in total. The molecule has 3 aromatic rings. The van der Waals surface area contributed by atoms with Gasteiger partial charge in [0.1, 0.15) is 11.6 Å². The molecule has 2 heterocycles. The fraction of sp³-hybridized carbons (Fsp3) is 0.235. The molecule has 24 heavy (non-hydrogen) atoms. The molecular formula is C17H18N4O2S. The van der Waals surface area contributed by atoms with Gasteiger partial charge < -0.3 is 10.1 Å². The third-order valence-corrected chi connectivity index (χ3v) is 4.28. The maximum Gasteiger partial charge on any atom is 0.278 e. The van der Waals surface area contributed by atoms with Crippen molar-refractivity contribution >= 4 is 23.1 Å². The summed E-state index contributed by atoms with van der Waals surface area (Å²) in [6.07, 6.45) is 4.29. The number of ether oxygens (including phenoxy) is 1. The normalized spacial score (nSPS) is 11.9. The molecule has 0 spiro atoms. The number of benzene rings is 1. The van der Waals surface area contributed by atoms with E-state index in [1.807, 2.05) is 10.1 Å². The van der Waals surface area contributed by atoms with E-state index in [1.165, 1.54) is 11.3 Å². The number of nitrogens with one attached hydrogen (secondary N) is 1. The predicted molar refractivity (Wildman–Crippen MR) is 93.8 cm³/mol. The van der Waals surface area contributed by atoms with Gasteiger partial charge in [0.25, 0.3) is 11.1 Å². The smallest absolute Gasteiger partial charge is 0.278 e. The number of rotatable bonds is 6. The van der Waals surface area contributed by atoms with Gasteiger partial charge in [0.15, 0.2) is 0 Å². The summed E-state index contributed by atoms with van der Waals surface area (Å²) in [6, 6.07) is 9.02. The quantitative estimate of drug-likeness (QED) is 0.723. The highest BCUT2D eigenvalue weighted by Gasteiger charge is 2.13. The lowest BCUT2D eigenvalue weighted by Gasteiger charge is -2.14. The molecule has 7 heteroatoms. The van der Waals surface area contributed by atoms with E-state index in [4.69, 9.17) is 4.74 Å². The lowest BCUT2D eigenvalue weighted by atomic mass is 10.2. The van der Waals surface area contributed by atoms with E-state index in [0.29, 0.717) is 22.3 Å². The molecule has 0 saturated heterocycles. The highest BCUT2D eigenvalue weighted by molar-refractivity contribution is 7.11. The fourth-order valence-corrected chi connectivity index (χ4v) is 2.69. The number of carbonyl (C=O) groups excluding carboxylic acids is 1. The van der Waals surface area contributed by atoms with Crippen molar-refractivity contribution in [2.45, 2.75) is 26.3 Å². The van der Waals surface area contributed by atoms with Gasteiger partial charge in [-0.15, -0.1) is 0 Å². The lowest BCUT2D eigenvalue weighted by molar-refractivity contribution is 0.102. The van der Waals surface area contributed by atoms with E-state index in [2.05, 4.69) is 29.2 Å². The Morgan fingerprint density at radius 2 is 2.25 bits per heavy atom. The maximum atomic E-state index is 12.5. The number of hydrogen-bond acceptors (Lipinski definition) is 5. The Balaban J connectivity index is 1.75. The summed E-state index contributed by atoms with van der Waals surface area (Å²) in [4.78, 5) is 16.6. The first-order chi connectivity index (χ1) is 11.7. The monoisotopic (exact) mass is 342 g/mol. The summed E-state index contributed by atoms with van der Waals surface area (Å²) in [5.74, 6) is 1.05. The van der Waals surface area contributed by atoms with Crippen LogP contribution >= 0.6 is 11.3 Å². The third kappa shape index (κ3) is 3.62. The zero-order valence-corrected chi connectivity index (χ0v) is 14.3. The van der Waals surface area contributed by atoms with Gasteiger partial charge in [-0.05, 0) is 31.5 Å². The molecule has 0 saturated carbocycles. The second-order valence-corrected chi connectivity index (χ2v) is 6.16. The Kier molecular flexibility index (Phi) is 4.90. The van der Waals surface area contributed by atoms with Crippen LogP contribution in [0.4, 0.5) is 5.82 Å². The fourth-order valence-electron chi connectivity index (χ4n) is 2.19. The Morgan fingerprint density at radius 1 is 1.38 bits per heavy atom. The third-order valence-electron chi connectivity index (χ3n) is 3.63. The van der Waals surface area contributed by atoms with Crippen molar-refractivity contribution in [1.82, 2.24) is 14.8 Å². The van der Waals surface area contributed by atoms with Crippen LogP contribution in [0.3, 0.4) is 0 Å². The molecule has 1 amide bonds. The highest BCUT2D eigenvalue weighted by Crippen LogP contribution is 2.24. The zero-order chi connectivity index (χ0) is 16.9. The molecule has 1 aromatic carbocycles. The standard InChI is InChI=1S/C17H18N4O2S/c1-3-12(2)21-15(7-8-19-21)20-16(22)13-5-4-6-14(11-13)23-17-18-9-10-24-17/h4-12H,3H2,1-2H3,(H,20,22). The number of aromatic nitrogens is 3. The summed E-state index contributed by atoms with van der Waals surface area (Å²) < 4.78 is 7.45. The molecule has 0 aliphatic rings. The largest absolute Gasteiger partial charge is 0.431 e. The van der Waals surface area contributed by atoms with Gasteiger partial charge in [0.2, 0.25) is 0 Å². The number of hydrogen-bond donors (Lipinski definition) is 1. The van der Waals surface area contributed by atoms with E-state index in [-0.39, 0.29) is 11.9 Å². The van der Waals surface area contributed by atoms with Crippen LogP contribution in [-0.2, 0) is 0 Å². The molecular weight excluding hydrogens is 324 g/mol. The van der Waals surface area contributed by atoms with Crippen molar-refractivity contribution < 1.29 is 9.53 Å². The highest BCUT2D eigenvalue weighted by atomic mass is 32.1. The van der Waals surface area contributed by atoms with Crippen LogP contribution in [0, 0.1) is 0 Å². The molecule has 1 atom stereocenters. The van der Waals surface area contributed by atoms with Crippen LogP contribution in [0.5, 0.6) is 10.9 Å². The zero-order valence-electron chi connectivity index (χ0n) is 13.5. The summed E-state index contributed by atoms with van der Waals surface area (Å²) in [5, 5.41) is 9.55. The Morgan fingerprint density at radius 3 is 3.00 bits per heavy atom. The van der Waals surface area contributed by atoms with Crippen molar-refractivity contribution in [3.8, 4) is 10.9 Å². The summed E-state index contributed by atoms with van der Waals surface area (Å²) in [6.45, 7) is 4.14. The van der Waals surface area contributed by atoms with Crippen LogP contribution < -0.4 is 10.1 Å². The van der Waals surface area contributed by atoms with Crippen LogP contribution in [-0.4, -0.2) is 20.7 Å². The van der Waals surface area contributed by atoms with Crippen molar-refractivity contribution in [1.29, 1.82) is 0 Å². The van der Waals surface area contributed by atoms with E-state index < -0.39 is 0 Å². The first kappa shape index (κ1) is 16.2. The van der Waals surface area contributed by atoms with Crippen LogP contribution in [0.2, 0.25) is 0 Å². The molecule has 1 unspecified atom stereocenters. The second kappa shape index (κ2) is 7.27. The van der Waals surface area contributed by atoms with Crippen LogP contribution in [0.25, 0.3) is 0 Å². The molecule has 124 valence electrons. The molecule has 2 aromatic heterocycles. The molecule has 0 aliphatic carbocycles. The van der Waals surface area contributed by atoms with Crippen molar-refractivity contribution in [3.05, 3.63) is 53.7 Å². The number of carbonyl (C=O) groups is 1. The average molecular weight is 342 g/mol. The molecule has 0 radical (unpaired) electrons. The summed E-state index contributed by atoms with van der Waals surface area (Å²) >= 11 is 1.40. The molecule has 0 fully saturated rings. The maximum absolute atomic E-state index is 12.5. The van der Waals surface area contributed by atoms with Crippen LogP contribution in [0.1, 0.15) is 36.7 Å². The van der Waals surface area contributed by atoms with Gasteiger partial charge in [-0.1, -0.05) is 24.3 Å². The second-order valence-electron chi connectivity index (χ2n) is 5.30. The van der Waals surface area contributed by atoms with Gasteiger partial charge in [0, 0.05) is 23.2 Å². The topological polar surface area (TPSA) is 69.0 Å². The summed E-state index contributed by atoms with van der Waals surface area (Å²) in [7, 11) is 0. The average Bonchev–Trinajstić information content (AvgIpc) is 3.26. The Hall–Kier alpha value is -2.67. The van der Waals surface area contributed by atoms with E-state index in [1.54, 1.807) is 42.7 Å². The number of anilines is 1. The van der Waals surface area contributed by atoms with E-state index in [9.17, 15) is 4.79 Å². The minimum absolute atomic E-state index is 0.204. The minimum atomic E-state index is -0.204. The lowest BCUT2D eigenvalue weighted by Crippen LogP contribution is -2.17. The van der Waals surface area contributed by atoms with E-state index in [0.717, 1.165) is 6.42 Å². The van der Waals surface area contributed by atoms with E-state index >= 15 is 0 Å². The Bertz CT molecular complexity index is 814. The SMILES string of the molecule is CCC(C)n1nccc1NC(=O)c1cccc(Oc2nccs2)c1. The number of thiazole rings is 1. The molecule has 0 aliphatic heterocycles. The first-order valence-electron chi connectivity index (χ1n) is 7.69. The number of nitrogens with zero attached hydrogens (tertiary/aromatic N) is 3. The minimum Gasteiger partial charge on any atom is -0.431 e. The Labute approximate surface area is 144 Å². The van der Waals surface area contributed by atoms with Gasteiger partial charge in [-0.2, -0.15) is 5.10 Å². The molecule has 0 bridgehead atoms. The first-order valence-corrected chi connectivity index (χ1v) is 8.57. The van der Waals surface area contributed by atoms with Gasteiger partial charge in [-0.25, -0.2) is 9.67 Å². The van der Waals surface area contributed by atoms with Crippen LogP contribution in [0.15, 0.2) is 48.1 Å². The number of amides is 1.